The molecule has 128 valence electrons. The summed E-state index contributed by atoms with van der Waals surface area (Å²) in [5, 5.41) is 14.3. The summed E-state index contributed by atoms with van der Waals surface area (Å²) in [5.74, 6) is 0. The first-order chi connectivity index (χ1) is 11.9. The molecule has 0 bridgehead atoms. The van der Waals surface area contributed by atoms with Gasteiger partial charge in [0.1, 0.15) is 10.0 Å². The number of thiocarbonyl (C=S) groups is 1. The Labute approximate surface area is 162 Å². The molecular formula is C16H11ClN2O3S3. The SMILES string of the molecule is COC(=S)c1cc(-c2nc(-c3ccc(Cl)c([N+](=O)[O-])c3)cs2)c(C)s1. The van der Waals surface area contributed by atoms with Crippen LogP contribution in [0.2, 0.25) is 5.02 Å². The van der Waals surface area contributed by atoms with E-state index in [0.717, 1.165) is 20.3 Å². The van der Waals surface area contributed by atoms with Gasteiger partial charge in [-0.1, -0.05) is 17.7 Å². The summed E-state index contributed by atoms with van der Waals surface area (Å²) >= 11 is 14.1. The summed E-state index contributed by atoms with van der Waals surface area (Å²) in [4.78, 5) is 17.1. The number of hydrogen-bond acceptors (Lipinski definition) is 7. The quantitative estimate of drug-likeness (QED) is 0.312. The topological polar surface area (TPSA) is 65.3 Å². The predicted molar refractivity (Wildman–Crippen MR) is 106 cm³/mol. The number of nitrogens with zero attached hydrogens (tertiary/aromatic N) is 2. The Bertz CT molecular complexity index is 981. The molecule has 1 aromatic carbocycles. The van der Waals surface area contributed by atoms with Crippen molar-refractivity contribution in [2.75, 3.05) is 7.11 Å². The zero-order valence-electron chi connectivity index (χ0n) is 13.1. The summed E-state index contributed by atoms with van der Waals surface area (Å²) in [6.07, 6.45) is 0. The number of ether oxygens (including phenoxy) is 1. The number of hydrogen-bond donors (Lipinski definition) is 0. The van der Waals surface area contributed by atoms with E-state index in [9.17, 15) is 10.1 Å². The molecule has 2 aromatic heterocycles. The standard InChI is InChI=1S/C16H11ClN2O3S3/c1-8-10(6-14(25-8)16(23)22-2)15-18-12(7-24-15)9-3-4-11(17)13(5-9)19(20)21/h3-7H,1-2H3. The fourth-order valence-electron chi connectivity index (χ4n) is 2.24. The first-order valence-electron chi connectivity index (χ1n) is 6.99. The van der Waals surface area contributed by atoms with Crippen LogP contribution in [0.1, 0.15) is 9.75 Å². The van der Waals surface area contributed by atoms with E-state index in [-0.39, 0.29) is 10.7 Å². The smallest absolute Gasteiger partial charge is 0.288 e. The molecule has 0 aliphatic carbocycles. The summed E-state index contributed by atoms with van der Waals surface area (Å²) in [5.41, 5.74) is 2.17. The summed E-state index contributed by atoms with van der Waals surface area (Å²) in [6.45, 7) is 2.00. The van der Waals surface area contributed by atoms with Crippen LogP contribution in [0.3, 0.4) is 0 Å². The predicted octanol–water partition coefficient (Wildman–Crippen LogP) is 5.73. The number of benzene rings is 1. The Morgan fingerprint density at radius 1 is 1.40 bits per heavy atom. The molecule has 0 aliphatic rings. The molecule has 3 rings (SSSR count). The third-order valence-corrected chi connectivity index (χ3v) is 6.24. The van der Waals surface area contributed by atoms with Gasteiger partial charge in [0.05, 0.1) is 22.6 Å². The highest BCUT2D eigenvalue weighted by Gasteiger charge is 2.17. The van der Waals surface area contributed by atoms with Gasteiger partial charge in [0.25, 0.3) is 5.69 Å². The molecule has 9 heteroatoms. The lowest BCUT2D eigenvalue weighted by Crippen LogP contribution is -1.94. The normalized spacial score (nSPS) is 10.7. The molecule has 25 heavy (non-hydrogen) atoms. The van der Waals surface area contributed by atoms with Crippen LogP contribution in [0.5, 0.6) is 0 Å². The molecule has 0 N–H and O–H groups in total. The lowest BCUT2D eigenvalue weighted by molar-refractivity contribution is -0.384. The van der Waals surface area contributed by atoms with Gasteiger partial charge in [0.2, 0.25) is 5.05 Å². The van der Waals surface area contributed by atoms with Crippen LogP contribution in [0.4, 0.5) is 5.69 Å². The largest absolute Gasteiger partial charge is 0.486 e. The van der Waals surface area contributed by atoms with Gasteiger partial charge in [-0.25, -0.2) is 4.98 Å². The van der Waals surface area contributed by atoms with Crippen molar-refractivity contribution < 1.29 is 9.66 Å². The van der Waals surface area contributed by atoms with E-state index in [1.165, 1.54) is 23.5 Å². The summed E-state index contributed by atoms with van der Waals surface area (Å²) in [7, 11) is 1.55. The fourth-order valence-corrected chi connectivity index (χ4v) is 4.51. The summed E-state index contributed by atoms with van der Waals surface area (Å²) in [6, 6.07) is 6.63. The van der Waals surface area contributed by atoms with Gasteiger partial charge < -0.3 is 4.74 Å². The minimum absolute atomic E-state index is 0.107. The number of thiophene rings is 1. The van der Waals surface area contributed by atoms with Crippen molar-refractivity contribution in [3.63, 3.8) is 0 Å². The lowest BCUT2D eigenvalue weighted by Gasteiger charge is -1.99. The number of halogens is 1. The van der Waals surface area contributed by atoms with Crippen LogP contribution < -0.4 is 0 Å². The molecular weight excluding hydrogens is 400 g/mol. The van der Waals surface area contributed by atoms with Crippen LogP contribution in [0.15, 0.2) is 29.6 Å². The number of nitro benzene ring substituents is 1. The van der Waals surface area contributed by atoms with Crippen molar-refractivity contribution in [3.8, 4) is 21.8 Å². The number of rotatable bonds is 4. The highest BCUT2D eigenvalue weighted by molar-refractivity contribution is 7.80. The molecule has 0 unspecified atom stereocenters. The minimum Gasteiger partial charge on any atom is -0.486 e. The molecule has 0 aliphatic heterocycles. The van der Waals surface area contributed by atoms with Crippen molar-refractivity contribution in [2.45, 2.75) is 6.92 Å². The molecule has 0 saturated carbocycles. The monoisotopic (exact) mass is 410 g/mol. The number of aromatic nitrogens is 1. The van der Waals surface area contributed by atoms with Crippen LogP contribution in [0, 0.1) is 17.0 Å². The molecule has 0 amide bonds. The van der Waals surface area contributed by atoms with Crippen LogP contribution in [-0.4, -0.2) is 22.1 Å². The van der Waals surface area contributed by atoms with Gasteiger partial charge in [-0.3, -0.25) is 10.1 Å². The van der Waals surface area contributed by atoms with E-state index in [0.29, 0.717) is 16.3 Å². The second kappa shape index (κ2) is 7.17. The fraction of sp³-hybridized carbons (Fsp3) is 0.125. The average Bonchev–Trinajstić information content (AvgIpc) is 3.21. The van der Waals surface area contributed by atoms with E-state index in [2.05, 4.69) is 4.98 Å². The Hall–Kier alpha value is -1.87. The first kappa shape index (κ1) is 17.9. The van der Waals surface area contributed by atoms with Crippen molar-refractivity contribution in [1.29, 1.82) is 0 Å². The second-order valence-corrected chi connectivity index (χ2v) is 7.93. The van der Waals surface area contributed by atoms with Gasteiger partial charge >= 0.3 is 0 Å². The lowest BCUT2D eigenvalue weighted by atomic mass is 10.1. The third kappa shape index (κ3) is 3.57. The number of methoxy groups -OCH3 is 1. The maximum absolute atomic E-state index is 11.1. The molecule has 2 heterocycles. The molecule has 5 nitrogen and oxygen atoms in total. The highest BCUT2D eigenvalue weighted by atomic mass is 35.5. The van der Waals surface area contributed by atoms with Gasteiger partial charge in [-0.2, -0.15) is 0 Å². The Morgan fingerprint density at radius 2 is 2.16 bits per heavy atom. The van der Waals surface area contributed by atoms with E-state index < -0.39 is 4.92 Å². The average molecular weight is 411 g/mol. The molecule has 3 aromatic rings. The second-order valence-electron chi connectivity index (χ2n) is 5.03. The van der Waals surface area contributed by atoms with Gasteiger partial charge in [0.15, 0.2) is 0 Å². The van der Waals surface area contributed by atoms with E-state index in [4.69, 9.17) is 28.6 Å². The van der Waals surface area contributed by atoms with Crippen molar-refractivity contribution in [1.82, 2.24) is 4.98 Å². The van der Waals surface area contributed by atoms with E-state index >= 15 is 0 Å². The van der Waals surface area contributed by atoms with E-state index in [1.807, 2.05) is 18.4 Å². The maximum Gasteiger partial charge on any atom is 0.288 e. The van der Waals surface area contributed by atoms with Crippen molar-refractivity contribution in [3.05, 3.63) is 54.5 Å². The van der Waals surface area contributed by atoms with Crippen LogP contribution in [-0.2, 0) is 4.74 Å². The number of nitro groups is 1. The molecule has 0 atom stereocenters. The van der Waals surface area contributed by atoms with Gasteiger partial charge in [-0.15, -0.1) is 22.7 Å². The first-order valence-corrected chi connectivity index (χ1v) is 9.48. The minimum atomic E-state index is -0.500. The zero-order chi connectivity index (χ0) is 18.1. The number of aryl methyl sites for hydroxylation is 1. The molecule has 0 radical (unpaired) electrons. The summed E-state index contributed by atoms with van der Waals surface area (Å²) < 4.78 is 5.11. The zero-order valence-corrected chi connectivity index (χ0v) is 16.3. The Morgan fingerprint density at radius 3 is 2.84 bits per heavy atom. The number of thiazole rings is 1. The Kier molecular flexibility index (Phi) is 5.14. The molecule has 0 saturated heterocycles. The van der Waals surface area contributed by atoms with Crippen LogP contribution >= 0.6 is 46.5 Å². The van der Waals surface area contributed by atoms with Crippen LogP contribution in [0.25, 0.3) is 21.8 Å². The van der Waals surface area contributed by atoms with Crippen molar-refractivity contribution >= 4 is 57.2 Å². The molecule has 0 spiro atoms. The highest BCUT2D eigenvalue weighted by Crippen LogP contribution is 2.37. The van der Waals surface area contributed by atoms with Gasteiger partial charge in [0, 0.05) is 27.5 Å². The Balaban J connectivity index is 1.99. The van der Waals surface area contributed by atoms with Crippen molar-refractivity contribution in [2.24, 2.45) is 0 Å². The molecule has 0 fully saturated rings. The van der Waals surface area contributed by atoms with Gasteiger partial charge in [-0.05, 0) is 31.3 Å². The maximum atomic E-state index is 11.1. The van der Waals surface area contributed by atoms with E-state index in [1.54, 1.807) is 24.5 Å². The third-order valence-electron chi connectivity index (χ3n) is 3.48.